The molecule has 1 aromatic carbocycles. The second kappa shape index (κ2) is 9.61. The van der Waals surface area contributed by atoms with Gasteiger partial charge in [-0.15, -0.1) is 0 Å². The highest BCUT2D eigenvalue weighted by molar-refractivity contribution is 6.30. The lowest BCUT2D eigenvalue weighted by molar-refractivity contribution is 0.108. The van der Waals surface area contributed by atoms with Crippen LogP contribution in [-0.4, -0.2) is 25.8 Å². The van der Waals surface area contributed by atoms with Gasteiger partial charge in [0, 0.05) is 31.3 Å². The van der Waals surface area contributed by atoms with E-state index in [4.69, 9.17) is 16.3 Å². The van der Waals surface area contributed by atoms with Gasteiger partial charge < -0.3 is 15.4 Å². The van der Waals surface area contributed by atoms with Crippen molar-refractivity contribution in [3.8, 4) is 0 Å². The summed E-state index contributed by atoms with van der Waals surface area (Å²) in [6.07, 6.45) is 0.821. The molecule has 5 heteroatoms. The Balaban J connectivity index is 2.04. The lowest BCUT2D eigenvalue weighted by Crippen LogP contribution is -2.35. The molecule has 0 aromatic heterocycles. The fraction of sp³-hybridized carbons (Fsp3) is 0.533. The molecule has 4 nitrogen and oxygen atoms in total. The minimum absolute atomic E-state index is 0.163. The highest BCUT2D eigenvalue weighted by Crippen LogP contribution is 2.08. The first-order valence-corrected chi connectivity index (χ1v) is 7.29. The number of benzene rings is 1. The van der Waals surface area contributed by atoms with Gasteiger partial charge >= 0.3 is 6.03 Å². The fourth-order valence-corrected chi connectivity index (χ4v) is 1.67. The average Bonchev–Trinajstić information content (AvgIpc) is 2.41. The average molecular weight is 299 g/mol. The molecule has 20 heavy (non-hydrogen) atoms. The van der Waals surface area contributed by atoms with E-state index in [1.165, 1.54) is 0 Å². The summed E-state index contributed by atoms with van der Waals surface area (Å²) in [5.41, 5.74) is 1.02. The maximum absolute atomic E-state index is 11.5. The van der Waals surface area contributed by atoms with Gasteiger partial charge in [0.15, 0.2) is 0 Å². The predicted molar refractivity (Wildman–Crippen MR) is 82.0 cm³/mol. The second-order valence-electron chi connectivity index (χ2n) is 5.06. The molecule has 0 unspecified atom stereocenters. The van der Waals surface area contributed by atoms with Crippen molar-refractivity contribution in [2.24, 2.45) is 5.92 Å². The lowest BCUT2D eigenvalue weighted by atomic mass is 10.2. The molecular weight excluding hydrogens is 276 g/mol. The number of amides is 2. The summed E-state index contributed by atoms with van der Waals surface area (Å²) in [4.78, 5) is 11.5. The first-order valence-electron chi connectivity index (χ1n) is 6.92. The van der Waals surface area contributed by atoms with Crippen LogP contribution < -0.4 is 10.6 Å². The van der Waals surface area contributed by atoms with Gasteiger partial charge in [-0.3, -0.25) is 0 Å². The standard InChI is InChI=1S/C15H23ClN2O2/c1-12(2)11-20-9-3-8-17-15(19)18-10-13-4-6-14(16)7-5-13/h4-7,12H,3,8-11H2,1-2H3,(H2,17,18,19). The van der Waals surface area contributed by atoms with Gasteiger partial charge in [0.1, 0.15) is 0 Å². The summed E-state index contributed by atoms with van der Waals surface area (Å²) in [5.74, 6) is 0.547. The smallest absolute Gasteiger partial charge is 0.315 e. The van der Waals surface area contributed by atoms with Crippen LogP contribution in [0.3, 0.4) is 0 Å². The maximum Gasteiger partial charge on any atom is 0.315 e. The summed E-state index contributed by atoms with van der Waals surface area (Å²) in [5, 5.41) is 6.28. The van der Waals surface area contributed by atoms with Crippen LogP contribution in [0.25, 0.3) is 0 Å². The highest BCUT2D eigenvalue weighted by atomic mass is 35.5. The lowest BCUT2D eigenvalue weighted by Gasteiger charge is -2.09. The van der Waals surface area contributed by atoms with Gasteiger partial charge in [-0.1, -0.05) is 37.6 Å². The van der Waals surface area contributed by atoms with E-state index in [0.717, 1.165) is 18.6 Å². The van der Waals surface area contributed by atoms with Crippen LogP contribution in [0, 0.1) is 5.92 Å². The summed E-state index contributed by atoms with van der Waals surface area (Å²) >= 11 is 5.79. The SMILES string of the molecule is CC(C)COCCCNC(=O)NCc1ccc(Cl)cc1. The first-order chi connectivity index (χ1) is 9.58. The number of nitrogens with one attached hydrogen (secondary N) is 2. The van der Waals surface area contributed by atoms with Gasteiger partial charge in [-0.2, -0.15) is 0 Å². The number of rotatable bonds is 8. The number of hydrogen-bond donors (Lipinski definition) is 2. The van der Waals surface area contributed by atoms with E-state index in [0.29, 0.717) is 30.6 Å². The Morgan fingerprint density at radius 2 is 1.95 bits per heavy atom. The molecule has 0 bridgehead atoms. The molecule has 0 heterocycles. The van der Waals surface area contributed by atoms with Crippen molar-refractivity contribution in [3.63, 3.8) is 0 Å². The van der Waals surface area contributed by atoms with Crippen LogP contribution in [0.15, 0.2) is 24.3 Å². The summed E-state index contributed by atoms with van der Waals surface area (Å²) < 4.78 is 5.43. The van der Waals surface area contributed by atoms with Gasteiger partial charge in [-0.05, 0) is 30.0 Å². The molecule has 0 atom stereocenters. The van der Waals surface area contributed by atoms with Gasteiger partial charge in [0.2, 0.25) is 0 Å². The van der Waals surface area contributed by atoms with Crippen molar-refractivity contribution in [3.05, 3.63) is 34.9 Å². The number of carbonyl (C=O) groups excluding carboxylic acids is 1. The maximum atomic E-state index is 11.5. The van der Waals surface area contributed by atoms with Crippen LogP contribution in [0.1, 0.15) is 25.8 Å². The van der Waals surface area contributed by atoms with E-state index in [9.17, 15) is 4.79 Å². The van der Waals surface area contributed by atoms with Crippen molar-refractivity contribution in [2.75, 3.05) is 19.8 Å². The molecule has 0 fully saturated rings. The molecule has 1 aromatic rings. The third-order valence-corrected chi connectivity index (χ3v) is 2.82. The molecule has 1 rings (SSSR count). The monoisotopic (exact) mass is 298 g/mol. The minimum Gasteiger partial charge on any atom is -0.381 e. The van der Waals surface area contributed by atoms with E-state index >= 15 is 0 Å². The van der Waals surface area contributed by atoms with Gasteiger partial charge in [0.05, 0.1) is 0 Å². The first kappa shape index (κ1) is 16.8. The Morgan fingerprint density at radius 1 is 1.25 bits per heavy atom. The molecule has 0 aliphatic carbocycles. The third kappa shape index (κ3) is 8.02. The molecule has 0 saturated carbocycles. The van der Waals surface area contributed by atoms with E-state index in [2.05, 4.69) is 24.5 Å². The van der Waals surface area contributed by atoms with E-state index < -0.39 is 0 Å². The summed E-state index contributed by atoms with van der Waals surface area (Å²) in [6, 6.07) is 7.24. The third-order valence-electron chi connectivity index (χ3n) is 2.57. The molecule has 0 spiro atoms. The minimum atomic E-state index is -0.163. The van der Waals surface area contributed by atoms with E-state index in [-0.39, 0.29) is 6.03 Å². The Morgan fingerprint density at radius 3 is 2.60 bits per heavy atom. The fourth-order valence-electron chi connectivity index (χ4n) is 1.54. The molecule has 112 valence electrons. The van der Waals surface area contributed by atoms with Crippen LogP contribution >= 0.6 is 11.6 Å². The highest BCUT2D eigenvalue weighted by Gasteiger charge is 2.00. The number of carbonyl (C=O) groups is 1. The molecule has 0 saturated heterocycles. The zero-order valence-electron chi connectivity index (χ0n) is 12.1. The summed E-state index contributed by atoms with van der Waals surface area (Å²) in [6.45, 7) is 6.78. The Bertz CT molecular complexity index is 393. The molecule has 0 aliphatic heterocycles. The normalized spacial score (nSPS) is 10.6. The second-order valence-corrected chi connectivity index (χ2v) is 5.49. The topological polar surface area (TPSA) is 50.4 Å². The Labute approximate surface area is 125 Å². The molecule has 2 N–H and O–H groups in total. The Hall–Kier alpha value is -1.26. The quantitative estimate of drug-likeness (QED) is 0.724. The van der Waals surface area contributed by atoms with Crippen molar-refractivity contribution in [2.45, 2.75) is 26.8 Å². The van der Waals surface area contributed by atoms with Crippen molar-refractivity contribution in [1.29, 1.82) is 0 Å². The van der Waals surface area contributed by atoms with Gasteiger partial charge in [0.25, 0.3) is 0 Å². The Kier molecular flexibility index (Phi) is 8.07. The molecule has 0 aliphatic rings. The number of urea groups is 1. The van der Waals surface area contributed by atoms with Crippen LogP contribution in [-0.2, 0) is 11.3 Å². The zero-order chi connectivity index (χ0) is 14.8. The molecule has 2 amide bonds. The van der Waals surface area contributed by atoms with E-state index in [1.807, 2.05) is 24.3 Å². The zero-order valence-corrected chi connectivity index (χ0v) is 12.9. The van der Waals surface area contributed by atoms with Crippen LogP contribution in [0.4, 0.5) is 4.79 Å². The summed E-state index contributed by atoms with van der Waals surface area (Å²) in [7, 11) is 0. The largest absolute Gasteiger partial charge is 0.381 e. The van der Waals surface area contributed by atoms with Crippen LogP contribution in [0.2, 0.25) is 5.02 Å². The number of hydrogen-bond acceptors (Lipinski definition) is 2. The van der Waals surface area contributed by atoms with Crippen molar-refractivity contribution >= 4 is 17.6 Å². The number of halogens is 1. The molecular formula is C15H23ClN2O2. The van der Waals surface area contributed by atoms with Crippen molar-refractivity contribution in [1.82, 2.24) is 10.6 Å². The van der Waals surface area contributed by atoms with Gasteiger partial charge in [-0.25, -0.2) is 4.79 Å². The van der Waals surface area contributed by atoms with Crippen molar-refractivity contribution < 1.29 is 9.53 Å². The predicted octanol–water partition coefficient (Wildman–Crippen LogP) is 3.20. The molecule has 0 radical (unpaired) electrons. The number of ether oxygens (including phenoxy) is 1. The van der Waals surface area contributed by atoms with E-state index in [1.54, 1.807) is 0 Å². The van der Waals surface area contributed by atoms with Crippen LogP contribution in [0.5, 0.6) is 0 Å².